The molecule has 212 valence electrons. The predicted molar refractivity (Wildman–Crippen MR) is 163 cm³/mol. The third kappa shape index (κ3) is 7.80. The minimum Gasteiger partial charge on any atom is -0.322 e. The standard InChI is InChI=1S/C34H32FN5O2/c35-29-12-9-24(10-13-29)19-25-15-17-40(18-16-25)23-28-21-27(33(41)37-30-6-2-1-3-7-30)11-14-32(28)39-34(42)38-31-8-4-5-26(20-31)22-36/h1-14,20-21,25H,15-19,23H2,(H,37,41)(H2,38,39,42). The van der Waals surface area contributed by atoms with E-state index in [1.54, 1.807) is 36.4 Å². The first kappa shape index (κ1) is 28.5. The Labute approximate surface area is 245 Å². The van der Waals surface area contributed by atoms with Gasteiger partial charge >= 0.3 is 6.03 Å². The van der Waals surface area contributed by atoms with Crippen LogP contribution in [-0.2, 0) is 13.0 Å². The summed E-state index contributed by atoms with van der Waals surface area (Å²) >= 11 is 0. The number of hydrogen-bond acceptors (Lipinski definition) is 4. The average Bonchev–Trinajstić information content (AvgIpc) is 3.00. The van der Waals surface area contributed by atoms with Gasteiger partial charge in [0.15, 0.2) is 0 Å². The maximum absolute atomic E-state index is 13.3. The van der Waals surface area contributed by atoms with E-state index in [0.29, 0.717) is 40.7 Å². The Kier molecular flexibility index (Phi) is 9.22. The lowest BCUT2D eigenvalue weighted by atomic mass is 9.90. The van der Waals surface area contributed by atoms with Gasteiger partial charge < -0.3 is 16.0 Å². The van der Waals surface area contributed by atoms with Crippen molar-refractivity contribution >= 4 is 29.0 Å². The van der Waals surface area contributed by atoms with Gasteiger partial charge in [0, 0.05) is 29.2 Å². The summed E-state index contributed by atoms with van der Waals surface area (Å²) in [5.74, 6) is 0.0639. The SMILES string of the molecule is N#Cc1cccc(NC(=O)Nc2ccc(C(=O)Nc3ccccc3)cc2CN2CCC(Cc3ccc(F)cc3)CC2)c1. The van der Waals surface area contributed by atoms with E-state index in [0.717, 1.165) is 43.5 Å². The molecule has 5 rings (SSSR count). The molecule has 1 aliphatic heterocycles. The number of hydrogen-bond donors (Lipinski definition) is 3. The van der Waals surface area contributed by atoms with Crippen molar-refractivity contribution in [2.45, 2.75) is 25.8 Å². The van der Waals surface area contributed by atoms with Crippen molar-refractivity contribution in [2.24, 2.45) is 5.92 Å². The molecule has 0 unspecified atom stereocenters. The first-order valence-corrected chi connectivity index (χ1v) is 14.0. The number of amides is 3. The van der Waals surface area contributed by atoms with Gasteiger partial charge in [0.1, 0.15) is 5.82 Å². The fourth-order valence-electron chi connectivity index (χ4n) is 5.21. The summed E-state index contributed by atoms with van der Waals surface area (Å²) in [5, 5.41) is 17.8. The minimum atomic E-state index is -0.439. The second-order valence-electron chi connectivity index (χ2n) is 10.5. The van der Waals surface area contributed by atoms with Crippen molar-refractivity contribution in [3.63, 3.8) is 0 Å². The van der Waals surface area contributed by atoms with Gasteiger partial charge in [-0.05, 0) is 110 Å². The highest BCUT2D eigenvalue weighted by atomic mass is 19.1. The van der Waals surface area contributed by atoms with E-state index < -0.39 is 6.03 Å². The molecule has 0 radical (unpaired) electrons. The number of nitrogens with zero attached hydrogens (tertiary/aromatic N) is 2. The van der Waals surface area contributed by atoms with Crippen LogP contribution in [0.25, 0.3) is 0 Å². The van der Waals surface area contributed by atoms with Gasteiger partial charge in [0.2, 0.25) is 0 Å². The third-order valence-corrected chi connectivity index (χ3v) is 7.44. The summed E-state index contributed by atoms with van der Waals surface area (Å²) in [4.78, 5) is 28.3. The molecular weight excluding hydrogens is 529 g/mol. The Morgan fingerprint density at radius 1 is 0.833 bits per heavy atom. The van der Waals surface area contributed by atoms with Gasteiger partial charge in [0.05, 0.1) is 11.6 Å². The molecule has 1 heterocycles. The number of nitriles is 1. The van der Waals surface area contributed by atoms with E-state index in [9.17, 15) is 14.0 Å². The van der Waals surface area contributed by atoms with Crippen molar-refractivity contribution < 1.29 is 14.0 Å². The molecule has 1 fully saturated rings. The maximum Gasteiger partial charge on any atom is 0.323 e. The molecule has 4 aromatic carbocycles. The molecule has 3 amide bonds. The quantitative estimate of drug-likeness (QED) is 0.215. The summed E-state index contributed by atoms with van der Waals surface area (Å²) in [5.41, 5.74) is 4.73. The van der Waals surface area contributed by atoms with Crippen LogP contribution in [0.3, 0.4) is 0 Å². The molecule has 0 aromatic heterocycles. The van der Waals surface area contributed by atoms with Gasteiger partial charge in [-0.1, -0.05) is 36.4 Å². The molecule has 0 spiro atoms. The highest BCUT2D eigenvalue weighted by Crippen LogP contribution is 2.26. The van der Waals surface area contributed by atoms with Gasteiger partial charge in [-0.15, -0.1) is 0 Å². The monoisotopic (exact) mass is 561 g/mol. The Bertz CT molecular complexity index is 1580. The zero-order chi connectivity index (χ0) is 29.3. The van der Waals surface area contributed by atoms with E-state index >= 15 is 0 Å². The molecule has 0 bridgehead atoms. The Morgan fingerprint density at radius 2 is 1.57 bits per heavy atom. The lowest BCUT2D eigenvalue weighted by molar-refractivity contribution is 0.102. The van der Waals surface area contributed by atoms with Crippen LogP contribution in [0, 0.1) is 23.1 Å². The third-order valence-electron chi connectivity index (χ3n) is 7.44. The number of rotatable bonds is 8. The van der Waals surface area contributed by atoms with Gasteiger partial charge in [-0.25, -0.2) is 9.18 Å². The number of urea groups is 1. The highest BCUT2D eigenvalue weighted by Gasteiger charge is 2.21. The lowest BCUT2D eigenvalue weighted by Gasteiger charge is -2.32. The molecule has 0 saturated carbocycles. The number of likely N-dealkylation sites (tertiary alicyclic amines) is 1. The van der Waals surface area contributed by atoms with Crippen LogP contribution in [0.4, 0.5) is 26.2 Å². The fourth-order valence-corrected chi connectivity index (χ4v) is 5.21. The van der Waals surface area contributed by atoms with Gasteiger partial charge in [-0.2, -0.15) is 5.26 Å². The Morgan fingerprint density at radius 3 is 2.31 bits per heavy atom. The molecule has 7 nitrogen and oxygen atoms in total. The molecule has 1 saturated heterocycles. The predicted octanol–water partition coefficient (Wildman–Crippen LogP) is 7.05. The highest BCUT2D eigenvalue weighted by molar-refractivity contribution is 6.05. The van der Waals surface area contributed by atoms with Crippen molar-refractivity contribution in [3.8, 4) is 6.07 Å². The van der Waals surface area contributed by atoms with Crippen LogP contribution in [0.1, 0.15) is 39.9 Å². The zero-order valence-corrected chi connectivity index (χ0v) is 23.1. The molecule has 42 heavy (non-hydrogen) atoms. The van der Waals surface area contributed by atoms with Crippen LogP contribution in [-0.4, -0.2) is 29.9 Å². The molecule has 0 aliphatic carbocycles. The summed E-state index contributed by atoms with van der Waals surface area (Å²) in [7, 11) is 0. The molecule has 8 heteroatoms. The molecule has 4 aromatic rings. The minimum absolute atomic E-state index is 0.220. The smallest absolute Gasteiger partial charge is 0.322 e. The normalized spacial score (nSPS) is 13.6. The number of piperidine rings is 1. The molecule has 1 aliphatic rings. The summed E-state index contributed by atoms with van der Waals surface area (Å²) in [6.07, 6.45) is 2.93. The van der Waals surface area contributed by atoms with Gasteiger partial charge in [0.25, 0.3) is 5.91 Å². The number of carbonyl (C=O) groups excluding carboxylic acids is 2. The van der Waals surface area contributed by atoms with Crippen LogP contribution < -0.4 is 16.0 Å². The van der Waals surface area contributed by atoms with E-state index in [4.69, 9.17) is 5.26 Å². The van der Waals surface area contributed by atoms with E-state index in [-0.39, 0.29) is 11.7 Å². The molecule has 3 N–H and O–H groups in total. The first-order valence-electron chi connectivity index (χ1n) is 14.0. The van der Waals surface area contributed by atoms with E-state index in [1.165, 1.54) is 12.1 Å². The number of carbonyl (C=O) groups is 2. The van der Waals surface area contributed by atoms with E-state index in [1.807, 2.05) is 48.5 Å². The maximum atomic E-state index is 13.3. The average molecular weight is 562 g/mol. The largest absolute Gasteiger partial charge is 0.323 e. The number of benzene rings is 4. The van der Waals surface area contributed by atoms with Crippen molar-refractivity contribution in [3.05, 3.63) is 125 Å². The van der Waals surface area contributed by atoms with E-state index in [2.05, 4.69) is 26.9 Å². The van der Waals surface area contributed by atoms with Crippen LogP contribution >= 0.6 is 0 Å². The Hall–Kier alpha value is -5.00. The summed E-state index contributed by atoms with van der Waals surface area (Å²) in [6.45, 7) is 2.31. The second kappa shape index (κ2) is 13.6. The van der Waals surface area contributed by atoms with Crippen molar-refractivity contribution in [1.29, 1.82) is 5.26 Å². The number of anilines is 3. The van der Waals surface area contributed by atoms with Gasteiger partial charge in [-0.3, -0.25) is 9.69 Å². The van der Waals surface area contributed by atoms with Crippen LogP contribution in [0.5, 0.6) is 0 Å². The molecular formula is C34H32FN5O2. The van der Waals surface area contributed by atoms with Crippen LogP contribution in [0.15, 0.2) is 97.1 Å². The van der Waals surface area contributed by atoms with Crippen molar-refractivity contribution in [1.82, 2.24) is 4.90 Å². The topological polar surface area (TPSA) is 97.3 Å². The number of nitrogens with one attached hydrogen (secondary N) is 3. The fraction of sp³-hybridized carbons (Fsp3) is 0.206. The Balaban J connectivity index is 1.28. The number of para-hydroxylation sites is 1. The van der Waals surface area contributed by atoms with Crippen LogP contribution in [0.2, 0.25) is 0 Å². The lowest BCUT2D eigenvalue weighted by Crippen LogP contribution is -2.34. The number of halogens is 1. The summed E-state index contributed by atoms with van der Waals surface area (Å²) < 4.78 is 13.3. The zero-order valence-electron chi connectivity index (χ0n) is 23.1. The summed E-state index contributed by atoms with van der Waals surface area (Å²) in [6, 6.07) is 29.6. The second-order valence-corrected chi connectivity index (χ2v) is 10.5. The first-order chi connectivity index (χ1) is 20.4. The van der Waals surface area contributed by atoms with Crippen molar-refractivity contribution in [2.75, 3.05) is 29.0 Å². The molecule has 0 atom stereocenters.